The molecular weight excluding hydrogens is 1010 g/mol. The first kappa shape index (κ1) is 50.4. The molecular formula is C74H45N9. The second-order valence-corrected chi connectivity index (χ2v) is 19.8. The molecule has 9 nitrogen and oxygen atoms in total. The fraction of sp³-hybridized carbons (Fsp3) is 0. The van der Waals surface area contributed by atoms with Crippen molar-refractivity contribution in [3.63, 3.8) is 0 Å². The van der Waals surface area contributed by atoms with Crippen molar-refractivity contribution in [2.24, 2.45) is 0 Å². The van der Waals surface area contributed by atoms with Gasteiger partial charge in [0.1, 0.15) is 5.82 Å². The summed E-state index contributed by atoms with van der Waals surface area (Å²) in [7, 11) is 0. The van der Waals surface area contributed by atoms with Crippen LogP contribution in [0, 0.1) is 35.8 Å². The average molecular weight is 1060 g/mol. The van der Waals surface area contributed by atoms with Crippen molar-refractivity contribution in [1.29, 1.82) is 10.5 Å². The van der Waals surface area contributed by atoms with Crippen LogP contribution in [0.4, 0.5) is 45.5 Å². The van der Waals surface area contributed by atoms with Gasteiger partial charge in [0.05, 0.1) is 58.8 Å². The van der Waals surface area contributed by atoms with Gasteiger partial charge in [-0.15, -0.1) is 0 Å². The summed E-state index contributed by atoms with van der Waals surface area (Å²) in [5, 5.41) is 24.1. The van der Waals surface area contributed by atoms with E-state index >= 15 is 0 Å². The Labute approximate surface area is 480 Å². The third-order valence-corrected chi connectivity index (χ3v) is 14.9. The number of benzene rings is 11. The molecule has 0 N–H and O–H groups in total. The molecule has 0 saturated heterocycles. The summed E-state index contributed by atoms with van der Waals surface area (Å²) in [5.74, 6) is 0.396. The van der Waals surface area contributed by atoms with E-state index in [-0.39, 0.29) is 0 Å². The maximum absolute atomic E-state index is 11.0. The van der Waals surface area contributed by atoms with Crippen LogP contribution in [0.15, 0.2) is 273 Å². The largest absolute Gasteiger partial charge is 0.310 e. The second kappa shape index (κ2) is 21.9. The molecule has 0 aliphatic heterocycles. The third-order valence-electron chi connectivity index (χ3n) is 14.9. The lowest BCUT2D eigenvalue weighted by molar-refractivity contribution is 1.17. The summed E-state index contributed by atoms with van der Waals surface area (Å²) in [6.45, 7) is 15.7. The van der Waals surface area contributed by atoms with Gasteiger partial charge in [0.15, 0.2) is 11.4 Å². The van der Waals surface area contributed by atoms with Crippen LogP contribution in [0.25, 0.3) is 93.3 Å². The van der Waals surface area contributed by atoms with Crippen LogP contribution in [-0.4, -0.2) is 14.5 Å². The number of nitrogens with zero attached hydrogens (tertiary/aromatic N) is 9. The molecule has 0 aliphatic rings. The van der Waals surface area contributed by atoms with E-state index in [0.717, 1.165) is 78.2 Å². The van der Waals surface area contributed by atoms with Gasteiger partial charge >= 0.3 is 0 Å². The summed E-state index contributed by atoms with van der Waals surface area (Å²) in [6.07, 6.45) is 0. The Kier molecular flexibility index (Phi) is 13.3. The first-order chi connectivity index (χ1) is 41.0. The van der Waals surface area contributed by atoms with Crippen LogP contribution in [-0.2, 0) is 0 Å². The second-order valence-electron chi connectivity index (χ2n) is 19.8. The molecule has 0 aliphatic carbocycles. The van der Waals surface area contributed by atoms with Gasteiger partial charge in [0.25, 0.3) is 0 Å². The van der Waals surface area contributed by atoms with Gasteiger partial charge in [-0.2, -0.15) is 10.5 Å². The highest BCUT2D eigenvalue weighted by Crippen LogP contribution is 2.44. The maximum atomic E-state index is 11.0. The van der Waals surface area contributed by atoms with E-state index in [9.17, 15) is 10.5 Å². The van der Waals surface area contributed by atoms with Gasteiger partial charge in [-0.05, 0) is 120 Å². The minimum absolute atomic E-state index is 0.375. The number of rotatable bonds is 12. The van der Waals surface area contributed by atoms with Crippen LogP contribution in [0.3, 0.4) is 0 Å². The summed E-state index contributed by atoms with van der Waals surface area (Å²) in [5.41, 5.74) is 16.7. The number of para-hydroxylation sites is 6. The zero-order valence-electron chi connectivity index (χ0n) is 44.5. The van der Waals surface area contributed by atoms with Gasteiger partial charge in [0, 0.05) is 72.8 Å². The molecule has 0 spiro atoms. The maximum Gasteiger partial charge on any atom is 0.198 e. The molecule has 0 amide bonds. The monoisotopic (exact) mass is 1060 g/mol. The van der Waals surface area contributed by atoms with Crippen molar-refractivity contribution in [2.75, 3.05) is 9.80 Å². The Morgan fingerprint density at radius 3 is 1.19 bits per heavy atom. The van der Waals surface area contributed by atoms with Gasteiger partial charge in [-0.3, -0.25) is 0 Å². The fourth-order valence-corrected chi connectivity index (χ4v) is 11.1. The Bertz CT molecular complexity index is 4430. The predicted octanol–water partition coefficient (Wildman–Crippen LogP) is 19.7. The molecule has 13 rings (SSSR count). The molecule has 386 valence electrons. The molecule has 2 aromatic heterocycles. The highest BCUT2D eigenvalue weighted by atomic mass is 15.1. The van der Waals surface area contributed by atoms with E-state index in [4.69, 9.17) is 23.1 Å². The SMILES string of the molecule is [C-]#[N+]c1ccccc1-c1cc(-c2ccc(-c3ccc(-c4c(C#N)cc(-n5c6ccc(N(c7ccccc7)c7ccccc7)cc6c6cc(N(c7ccccc7)c7ccccc7)ccc65)cc4C#N)cc3)cc2)nc(-c2ccccc2[N+]#[C-])n1. The van der Waals surface area contributed by atoms with Crippen molar-refractivity contribution < 1.29 is 0 Å². The van der Waals surface area contributed by atoms with Crippen LogP contribution in [0.2, 0.25) is 0 Å². The number of anilines is 6. The first-order valence-electron chi connectivity index (χ1n) is 26.9. The van der Waals surface area contributed by atoms with Crippen molar-refractivity contribution in [3.8, 4) is 74.0 Å². The van der Waals surface area contributed by atoms with Gasteiger partial charge in [-0.25, -0.2) is 19.7 Å². The van der Waals surface area contributed by atoms with Crippen LogP contribution >= 0.6 is 0 Å². The van der Waals surface area contributed by atoms with E-state index in [0.29, 0.717) is 62.1 Å². The number of hydrogen-bond acceptors (Lipinski definition) is 6. The quantitative estimate of drug-likeness (QED) is 0.113. The fourth-order valence-electron chi connectivity index (χ4n) is 11.1. The Morgan fingerprint density at radius 2 is 0.747 bits per heavy atom. The topological polar surface area (TPSA) is 93.5 Å². The van der Waals surface area contributed by atoms with Crippen molar-refractivity contribution in [2.45, 2.75) is 0 Å². The summed E-state index contributed by atoms with van der Waals surface area (Å²) < 4.78 is 2.17. The average Bonchev–Trinajstić information content (AvgIpc) is 3.33. The molecule has 0 unspecified atom stereocenters. The highest BCUT2D eigenvalue weighted by molar-refractivity contribution is 6.12. The smallest absolute Gasteiger partial charge is 0.198 e. The van der Waals surface area contributed by atoms with Crippen LogP contribution < -0.4 is 9.80 Å². The van der Waals surface area contributed by atoms with E-state index in [2.05, 4.69) is 170 Å². The lowest BCUT2D eigenvalue weighted by Crippen LogP contribution is -2.09. The molecule has 0 atom stereocenters. The molecule has 9 heteroatoms. The molecule has 0 saturated carbocycles. The Balaban J connectivity index is 0.892. The third kappa shape index (κ3) is 9.52. The lowest BCUT2D eigenvalue weighted by atomic mass is 9.92. The Morgan fingerprint density at radius 1 is 0.361 bits per heavy atom. The summed E-state index contributed by atoms with van der Waals surface area (Å²) in [6, 6.07) is 95.7. The Hall–Kier alpha value is -12.1. The zero-order valence-corrected chi connectivity index (χ0v) is 44.5. The molecule has 13 aromatic rings. The number of nitriles is 2. The standard InChI is InChI=1S/C74H45N9/c1-77-67-29-17-15-27-63(67)70-47-69(79-74(80-70)64-28-16-18-30-68(64)78-2)52-35-31-50(32-36-52)51-33-37-53(38-34-51)73-54(48-75)43-62(44-55(73)49-76)83-71-41-39-60(81(56-19-7-3-8-20-56)57-21-9-4-10-22-57)45-65(71)66-46-61(40-42-72(66)83)82(58-23-11-5-12-24-58)59-25-13-6-14-26-59/h3-47H. The predicted molar refractivity (Wildman–Crippen MR) is 335 cm³/mol. The summed E-state index contributed by atoms with van der Waals surface area (Å²) >= 11 is 0. The van der Waals surface area contributed by atoms with Crippen LogP contribution in [0.1, 0.15) is 11.1 Å². The number of fused-ring (bicyclic) bond motifs is 3. The molecule has 0 bridgehead atoms. The van der Waals surface area contributed by atoms with Crippen molar-refractivity contribution in [1.82, 2.24) is 14.5 Å². The lowest BCUT2D eigenvalue weighted by Gasteiger charge is -2.26. The van der Waals surface area contributed by atoms with E-state index in [1.54, 1.807) is 12.1 Å². The van der Waals surface area contributed by atoms with E-state index in [1.165, 1.54) is 0 Å². The summed E-state index contributed by atoms with van der Waals surface area (Å²) in [4.78, 5) is 21.9. The van der Waals surface area contributed by atoms with Gasteiger partial charge in [-0.1, -0.05) is 170 Å². The molecule has 0 radical (unpaired) electrons. The highest BCUT2D eigenvalue weighted by Gasteiger charge is 2.23. The first-order valence-corrected chi connectivity index (χ1v) is 26.9. The normalized spacial score (nSPS) is 10.8. The van der Waals surface area contributed by atoms with Crippen molar-refractivity contribution in [3.05, 3.63) is 307 Å². The number of hydrogen-bond donors (Lipinski definition) is 0. The van der Waals surface area contributed by atoms with E-state index < -0.39 is 0 Å². The zero-order chi connectivity index (χ0) is 56.2. The van der Waals surface area contributed by atoms with Crippen LogP contribution in [0.5, 0.6) is 0 Å². The van der Waals surface area contributed by atoms with Gasteiger partial charge < -0.3 is 14.4 Å². The molecule has 0 fully saturated rings. The van der Waals surface area contributed by atoms with Crippen molar-refractivity contribution >= 4 is 67.3 Å². The molecule has 2 heterocycles. The minimum Gasteiger partial charge on any atom is -0.310 e. The molecule has 83 heavy (non-hydrogen) atoms. The molecule has 11 aromatic carbocycles. The van der Waals surface area contributed by atoms with E-state index in [1.807, 2.05) is 127 Å². The number of aromatic nitrogens is 3. The minimum atomic E-state index is 0.375. The van der Waals surface area contributed by atoms with Gasteiger partial charge in [0.2, 0.25) is 0 Å².